The molecule has 0 saturated carbocycles. The zero-order chi connectivity index (χ0) is 27.0. The van der Waals surface area contributed by atoms with Gasteiger partial charge in [-0.15, -0.1) is 11.3 Å². The number of hydrogen-bond donors (Lipinski definition) is 1. The number of ether oxygens (including phenoxy) is 2. The molecule has 2 heterocycles. The Labute approximate surface area is 217 Å². The summed E-state index contributed by atoms with van der Waals surface area (Å²) in [5.41, 5.74) is 5.36. The Hall–Kier alpha value is -3.18. The Morgan fingerprint density at radius 3 is 2.38 bits per heavy atom. The van der Waals surface area contributed by atoms with Crippen LogP contribution in [-0.2, 0) is 17.1 Å². The fourth-order valence-electron chi connectivity index (χ4n) is 3.90. The van der Waals surface area contributed by atoms with Crippen molar-refractivity contribution >= 4 is 17.2 Å². The van der Waals surface area contributed by atoms with E-state index in [1.807, 2.05) is 6.07 Å². The van der Waals surface area contributed by atoms with Gasteiger partial charge in [0.2, 0.25) is 0 Å². The van der Waals surface area contributed by atoms with Gasteiger partial charge in [-0.3, -0.25) is 4.79 Å². The third-order valence-electron chi connectivity index (χ3n) is 5.86. The summed E-state index contributed by atoms with van der Waals surface area (Å²) in [5.74, 6) is -5.67. The molecular weight excluding hydrogens is 510 g/mol. The molecule has 4 rings (SSSR count). The van der Waals surface area contributed by atoms with Crippen molar-refractivity contribution in [2.45, 2.75) is 31.6 Å². The van der Waals surface area contributed by atoms with Gasteiger partial charge in [0.05, 0.1) is 14.2 Å². The van der Waals surface area contributed by atoms with Crippen LogP contribution < -0.4 is 15.2 Å². The first-order valence-corrected chi connectivity index (χ1v) is 12.6. The van der Waals surface area contributed by atoms with Crippen molar-refractivity contribution in [1.82, 2.24) is 9.88 Å². The van der Waals surface area contributed by atoms with Crippen LogP contribution in [0.15, 0.2) is 41.8 Å². The molecule has 6 nitrogen and oxygen atoms in total. The van der Waals surface area contributed by atoms with E-state index in [0.29, 0.717) is 11.3 Å². The Balaban J connectivity index is 0.000000206. The number of aromatic nitrogens is 1. The summed E-state index contributed by atoms with van der Waals surface area (Å²) in [7, 11) is 2.99. The van der Waals surface area contributed by atoms with Crippen LogP contribution >= 0.6 is 11.3 Å². The third-order valence-corrected chi connectivity index (χ3v) is 6.75. The van der Waals surface area contributed by atoms with Crippen LogP contribution in [0, 0.1) is 11.6 Å². The second-order valence-corrected chi connectivity index (χ2v) is 9.31. The summed E-state index contributed by atoms with van der Waals surface area (Å²) in [4.78, 5) is 16.7. The smallest absolute Gasteiger partial charge is 0.366 e. The number of benzene rings is 2. The summed E-state index contributed by atoms with van der Waals surface area (Å²) in [5, 5.41) is 1.33. The summed E-state index contributed by atoms with van der Waals surface area (Å²) in [6, 6.07) is 8.64. The summed E-state index contributed by atoms with van der Waals surface area (Å²) in [6.07, 6.45) is 4.54. The number of nitrogens with two attached hydrogens (primary N) is 1. The van der Waals surface area contributed by atoms with Gasteiger partial charge in [-0.1, -0.05) is 0 Å². The van der Waals surface area contributed by atoms with Gasteiger partial charge < -0.3 is 20.1 Å². The van der Waals surface area contributed by atoms with E-state index in [4.69, 9.17) is 9.47 Å². The van der Waals surface area contributed by atoms with Gasteiger partial charge in [-0.05, 0) is 87.3 Å². The molecule has 1 aliphatic rings. The Kier molecular flexibility index (Phi) is 9.87. The maximum absolute atomic E-state index is 13.8. The molecular formula is C26H29F4N3O3S. The van der Waals surface area contributed by atoms with Gasteiger partial charge in [-0.2, -0.15) is 8.78 Å². The molecule has 1 amide bonds. The zero-order valence-electron chi connectivity index (χ0n) is 20.6. The fourth-order valence-corrected chi connectivity index (χ4v) is 4.75. The van der Waals surface area contributed by atoms with Crippen molar-refractivity contribution < 1.29 is 31.8 Å². The topological polar surface area (TPSA) is 77.7 Å². The number of hydrogen-bond acceptors (Lipinski definition) is 6. The zero-order valence-corrected chi connectivity index (χ0v) is 21.4. The van der Waals surface area contributed by atoms with E-state index in [1.54, 1.807) is 6.07 Å². The fraction of sp³-hybridized carbons (Fsp3) is 0.385. The lowest BCUT2D eigenvalue weighted by molar-refractivity contribution is -0.143. The molecule has 0 bridgehead atoms. The number of thiazole rings is 1. The van der Waals surface area contributed by atoms with Crippen LogP contribution in [0.3, 0.4) is 0 Å². The minimum Gasteiger partial charge on any atom is -0.493 e. The maximum Gasteiger partial charge on any atom is 0.366 e. The maximum atomic E-state index is 13.8. The van der Waals surface area contributed by atoms with Crippen molar-refractivity contribution in [1.29, 1.82) is 0 Å². The quantitative estimate of drug-likeness (QED) is 0.369. The number of halogens is 4. The molecule has 0 unspecified atom stereocenters. The number of nitrogens with zero attached hydrogens (tertiary/aromatic N) is 2. The van der Waals surface area contributed by atoms with E-state index < -0.39 is 23.3 Å². The number of likely N-dealkylation sites (tertiary alicyclic amines) is 1. The molecule has 0 radical (unpaired) electrons. The molecule has 0 spiro atoms. The van der Waals surface area contributed by atoms with E-state index >= 15 is 0 Å². The van der Waals surface area contributed by atoms with Gasteiger partial charge in [0, 0.05) is 10.9 Å². The van der Waals surface area contributed by atoms with Crippen molar-refractivity contribution in [2.75, 3.05) is 33.9 Å². The number of methoxy groups -OCH3 is 2. The Morgan fingerprint density at radius 2 is 1.78 bits per heavy atom. The molecule has 11 heteroatoms. The minimum atomic E-state index is -3.80. The summed E-state index contributed by atoms with van der Waals surface area (Å²) >= 11 is 0.931. The number of amides is 1. The molecule has 0 atom stereocenters. The van der Waals surface area contributed by atoms with E-state index in [-0.39, 0.29) is 16.6 Å². The second kappa shape index (κ2) is 12.9. The van der Waals surface area contributed by atoms with Crippen molar-refractivity contribution in [3.63, 3.8) is 0 Å². The number of carbonyl (C=O) groups is 1. The highest BCUT2D eigenvalue weighted by atomic mass is 32.1. The van der Waals surface area contributed by atoms with Crippen LogP contribution in [0.4, 0.5) is 17.6 Å². The van der Waals surface area contributed by atoms with E-state index in [0.717, 1.165) is 41.7 Å². The first-order chi connectivity index (χ1) is 17.6. The number of primary amides is 1. The first kappa shape index (κ1) is 28.4. The predicted molar refractivity (Wildman–Crippen MR) is 134 cm³/mol. The average Bonchev–Trinajstić information content (AvgIpc) is 3.57. The third kappa shape index (κ3) is 7.42. The van der Waals surface area contributed by atoms with E-state index in [9.17, 15) is 22.4 Å². The van der Waals surface area contributed by atoms with Crippen molar-refractivity contribution in [3.8, 4) is 22.1 Å². The lowest BCUT2D eigenvalue weighted by Gasteiger charge is -2.15. The molecule has 2 aromatic carbocycles. The van der Waals surface area contributed by atoms with Gasteiger partial charge in [0.25, 0.3) is 5.91 Å². The van der Waals surface area contributed by atoms with Gasteiger partial charge in [0.15, 0.2) is 17.3 Å². The highest BCUT2D eigenvalue weighted by Crippen LogP contribution is 2.33. The van der Waals surface area contributed by atoms with Crippen LogP contribution in [0.5, 0.6) is 11.5 Å². The molecule has 3 aromatic rings. The van der Waals surface area contributed by atoms with Crippen LogP contribution in [0.1, 0.15) is 30.5 Å². The number of aryl methyl sites for hydroxylation is 1. The highest BCUT2D eigenvalue weighted by molar-refractivity contribution is 7.13. The van der Waals surface area contributed by atoms with Gasteiger partial charge >= 0.3 is 5.92 Å². The number of alkyl halides is 2. The van der Waals surface area contributed by atoms with Gasteiger partial charge in [-0.25, -0.2) is 13.8 Å². The molecule has 1 fully saturated rings. The first-order valence-electron chi connectivity index (χ1n) is 11.7. The standard InChI is InChI=1S/C15H22FNO2.C11H7F3N2OS/c1-18-14-11-12(10-13(16)15(14)19-2)6-5-9-17-7-3-4-8-17;12-7-3-1-6(2-4-7)9-16-8(5-18-9)11(13,14)10(15)17/h10-11H,3-9H2,1-2H3;1-5H,(H2,15,17). The molecule has 0 aliphatic carbocycles. The lowest BCUT2D eigenvalue weighted by atomic mass is 10.1. The van der Waals surface area contributed by atoms with Crippen LogP contribution in [0.2, 0.25) is 0 Å². The minimum absolute atomic E-state index is 0.186. The van der Waals surface area contributed by atoms with E-state index in [2.05, 4.69) is 15.6 Å². The number of carbonyl (C=O) groups excluding carboxylic acids is 1. The molecule has 1 aliphatic heterocycles. The Morgan fingerprint density at radius 1 is 1.11 bits per heavy atom. The molecule has 1 saturated heterocycles. The molecule has 37 heavy (non-hydrogen) atoms. The molecule has 1 aromatic heterocycles. The van der Waals surface area contributed by atoms with Gasteiger partial charge in [0.1, 0.15) is 16.5 Å². The molecule has 200 valence electrons. The molecule has 2 N–H and O–H groups in total. The lowest BCUT2D eigenvalue weighted by Crippen LogP contribution is -2.33. The largest absolute Gasteiger partial charge is 0.493 e. The van der Waals surface area contributed by atoms with Crippen LogP contribution in [0.25, 0.3) is 10.6 Å². The predicted octanol–water partition coefficient (Wildman–Crippen LogP) is 5.40. The average molecular weight is 540 g/mol. The summed E-state index contributed by atoms with van der Waals surface area (Å²) in [6.45, 7) is 3.51. The monoisotopic (exact) mass is 539 g/mol. The van der Waals surface area contributed by atoms with Crippen molar-refractivity contribution in [2.24, 2.45) is 5.73 Å². The second-order valence-electron chi connectivity index (χ2n) is 8.45. The highest BCUT2D eigenvalue weighted by Gasteiger charge is 2.41. The summed E-state index contributed by atoms with van der Waals surface area (Å²) < 4.78 is 63.2. The Bertz CT molecular complexity index is 1180. The normalized spacial score (nSPS) is 13.7. The number of rotatable bonds is 9. The SMILES string of the molecule is COc1cc(CCCN2CCCC2)cc(F)c1OC.NC(=O)C(F)(F)c1csc(-c2ccc(F)cc2)n1. The van der Waals surface area contributed by atoms with Crippen molar-refractivity contribution in [3.05, 3.63) is 64.7 Å². The van der Waals surface area contributed by atoms with Crippen LogP contribution in [-0.4, -0.2) is 49.6 Å². The van der Waals surface area contributed by atoms with E-state index in [1.165, 1.54) is 64.4 Å².